The average molecular weight is 405 g/mol. The van der Waals surface area contributed by atoms with Gasteiger partial charge in [-0.05, 0) is 72.5 Å². The topological polar surface area (TPSA) is 55.1 Å². The minimum absolute atomic E-state index is 0.0650. The van der Waals surface area contributed by atoms with Crippen molar-refractivity contribution in [2.45, 2.75) is 26.7 Å². The molecule has 4 rings (SSSR count). The summed E-state index contributed by atoms with van der Waals surface area (Å²) in [6.07, 6.45) is 0.909. The predicted molar refractivity (Wildman–Crippen MR) is 117 cm³/mol. The molecule has 1 amide bonds. The van der Waals surface area contributed by atoms with Crippen molar-refractivity contribution in [3.8, 4) is 0 Å². The molecule has 0 saturated carbocycles. The van der Waals surface area contributed by atoms with E-state index in [0.29, 0.717) is 23.8 Å². The maximum Gasteiger partial charge on any atom is 0.228 e. The van der Waals surface area contributed by atoms with Crippen LogP contribution in [0.15, 0.2) is 65.1 Å². The number of halogens is 1. The molecule has 146 valence electrons. The minimum Gasteiger partial charge on any atom is -0.440 e. The third-order valence-corrected chi connectivity index (χ3v) is 5.17. The van der Waals surface area contributed by atoms with Crippen LogP contribution < -0.4 is 5.32 Å². The van der Waals surface area contributed by atoms with Gasteiger partial charge < -0.3 is 9.73 Å². The number of oxazole rings is 1. The summed E-state index contributed by atoms with van der Waals surface area (Å²) in [6, 6.07) is 19.1. The van der Waals surface area contributed by atoms with Crippen molar-refractivity contribution < 1.29 is 9.21 Å². The van der Waals surface area contributed by atoms with Gasteiger partial charge in [-0.2, -0.15) is 0 Å². The van der Waals surface area contributed by atoms with Crippen molar-refractivity contribution in [2.24, 2.45) is 0 Å². The van der Waals surface area contributed by atoms with Gasteiger partial charge >= 0.3 is 0 Å². The van der Waals surface area contributed by atoms with Crippen LogP contribution in [0.2, 0.25) is 5.02 Å². The van der Waals surface area contributed by atoms with E-state index < -0.39 is 0 Å². The third-order valence-electron chi connectivity index (χ3n) is 4.92. The summed E-state index contributed by atoms with van der Waals surface area (Å²) >= 11 is 5.88. The largest absolute Gasteiger partial charge is 0.440 e. The van der Waals surface area contributed by atoms with Crippen molar-refractivity contribution in [2.75, 3.05) is 5.32 Å². The van der Waals surface area contributed by atoms with Crippen LogP contribution >= 0.6 is 11.6 Å². The van der Waals surface area contributed by atoms with Gasteiger partial charge in [0, 0.05) is 17.1 Å². The second kappa shape index (κ2) is 8.10. The zero-order chi connectivity index (χ0) is 20.4. The molecule has 1 heterocycles. The molecule has 1 aromatic heterocycles. The van der Waals surface area contributed by atoms with Gasteiger partial charge in [-0.3, -0.25) is 4.79 Å². The van der Waals surface area contributed by atoms with Crippen LogP contribution in [0, 0.1) is 13.8 Å². The lowest BCUT2D eigenvalue weighted by molar-refractivity contribution is -0.115. The van der Waals surface area contributed by atoms with Crippen LogP contribution in [0.5, 0.6) is 0 Å². The maximum absolute atomic E-state index is 12.2. The Balaban J connectivity index is 1.40. The highest BCUT2D eigenvalue weighted by molar-refractivity contribution is 6.30. The van der Waals surface area contributed by atoms with E-state index >= 15 is 0 Å². The number of aromatic nitrogens is 1. The highest BCUT2D eigenvalue weighted by Gasteiger charge is 2.09. The minimum atomic E-state index is -0.0650. The molecule has 1 N–H and O–H groups in total. The molecule has 0 fully saturated rings. The molecule has 0 aliphatic rings. The second-order valence-electron chi connectivity index (χ2n) is 7.24. The number of hydrogen-bond donors (Lipinski definition) is 1. The Bertz CT molecular complexity index is 1120. The molecule has 0 spiro atoms. The molecular weight excluding hydrogens is 384 g/mol. The number of fused-ring (bicyclic) bond motifs is 1. The number of nitrogens with zero attached hydrogens (tertiary/aromatic N) is 1. The Labute approximate surface area is 174 Å². The first-order chi connectivity index (χ1) is 14.0. The van der Waals surface area contributed by atoms with Crippen molar-refractivity contribution in [3.05, 3.63) is 93.8 Å². The van der Waals surface area contributed by atoms with Crippen LogP contribution in [-0.4, -0.2) is 10.9 Å². The van der Waals surface area contributed by atoms with Crippen LogP contribution in [0.4, 0.5) is 5.69 Å². The Kier molecular flexibility index (Phi) is 5.36. The zero-order valence-corrected chi connectivity index (χ0v) is 17.1. The first-order valence-electron chi connectivity index (χ1n) is 9.46. The van der Waals surface area contributed by atoms with E-state index in [4.69, 9.17) is 16.0 Å². The van der Waals surface area contributed by atoms with E-state index in [0.717, 1.165) is 27.9 Å². The lowest BCUT2D eigenvalue weighted by atomic mass is 10.1. The summed E-state index contributed by atoms with van der Waals surface area (Å²) in [7, 11) is 0. The zero-order valence-electron chi connectivity index (χ0n) is 16.3. The number of benzene rings is 3. The highest BCUT2D eigenvalue weighted by Crippen LogP contribution is 2.22. The molecule has 0 aliphatic heterocycles. The summed E-state index contributed by atoms with van der Waals surface area (Å²) in [5.74, 6) is 0.620. The van der Waals surface area contributed by atoms with Gasteiger partial charge in [0.15, 0.2) is 11.5 Å². The molecule has 0 radical (unpaired) electrons. The van der Waals surface area contributed by atoms with Crippen LogP contribution in [0.3, 0.4) is 0 Å². The monoisotopic (exact) mass is 404 g/mol. The molecule has 5 heteroatoms. The van der Waals surface area contributed by atoms with Crippen molar-refractivity contribution >= 4 is 34.3 Å². The third kappa shape index (κ3) is 4.66. The predicted octanol–water partition coefficient (Wildman–Crippen LogP) is 5.87. The number of carbonyl (C=O) groups excluding carboxylic acids is 1. The van der Waals surface area contributed by atoms with E-state index in [-0.39, 0.29) is 5.91 Å². The molecule has 0 saturated heterocycles. The second-order valence-corrected chi connectivity index (χ2v) is 7.67. The van der Waals surface area contributed by atoms with Crippen LogP contribution in [0.1, 0.15) is 28.1 Å². The molecule has 4 nitrogen and oxygen atoms in total. The fourth-order valence-corrected chi connectivity index (χ4v) is 3.30. The molecule has 29 heavy (non-hydrogen) atoms. The lowest BCUT2D eigenvalue weighted by Gasteiger charge is -2.06. The van der Waals surface area contributed by atoms with E-state index in [1.165, 1.54) is 11.1 Å². The number of carbonyl (C=O) groups is 1. The van der Waals surface area contributed by atoms with Crippen molar-refractivity contribution in [1.29, 1.82) is 0 Å². The van der Waals surface area contributed by atoms with Gasteiger partial charge in [0.2, 0.25) is 5.91 Å². The standard InChI is InChI=1S/C24H21ClN2O2/c1-15-11-21-22(12-16(15)2)29-24(27-21)14-18-5-9-20(10-6-18)26-23(28)13-17-3-7-19(25)8-4-17/h3-12H,13-14H2,1-2H3,(H,26,28). The smallest absolute Gasteiger partial charge is 0.228 e. The van der Waals surface area contributed by atoms with E-state index in [1.54, 1.807) is 12.1 Å². The fourth-order valence-electron chi connectivity index (χ4n) is 3.18. The lowest BCUT2D eigenvalue weighted by Crippen LogP contribution is -2.14. The molecule has 0 atom stereocenters. The summed E-state index contributed by atoms with van der Waals surface area (Å²) in [5, 5.41) is 3.58. The number of anilines is 1. The van der Waals surface area contributed by atoms with Crippen LogP contribution in [-0.2, 0) is 17.6 Å². The summed E-state index contributed by atoms with van der Waals surface area (Å²) < 4.78 is 5.89. The van der Waals surface area contributed by atoms with Crippen molar-refractivity contribution in [3.63, 3.8) is 0 Å². The summed E-state index contributed by atoms with van der Waals surface area (Å²) in [4.78, 5) is 16.8. The van der Waals surface area contributed by atoms with E-state index in [2.05, 4.69) is 30.2 Å². The van der Waals surface area contributed by atoms with E-state index in [1.807, 2.05) is 42.5 Å². The first-order valence-corrected chi connectivity index (χ1v) is 9.84. The molecule has 4 aromatic rings. The number of amides is 1. The quantitative estimate of drug-likeness (QED) is 0.452. The Hall–Kier alpha value is -3.11. The van der Waals surface area contributed by atoms with Gasteiger partial charge in [-0.1, -0.05) is 35.9 Å². The van der Waals surface area contributed by atoms with Gasteiger partial charge in [-0.15, -0.1) is 0 Å². The fraction of sp³-hybridized carbons (Fsp3) is 0.167. The van der Waals surface area contributed by atoms with Crippen molar-refractivity contribution in [1.82, 2.24) is 4.98 Å². The Morgan fingerprint density at radius 3 is 2.34 bits per heavy atom. The van der Waals surface area contributed by atoms with Gasteiger partial charge in [-0.25, -0.2) is 4.98 Å². The van der Waals surface area contributed by atoms with Crippen LogP contribution in [0.25, 0.3) is 11.1 Å². The normalized spacial score (nSPS) is 11.0. The number of rotatable bonds is 5. The Morgan fingerprint density at radius 2 is 1.62 bits per heavy atom. The highest BCUT2D eigenvalue weighted by atomic mass is 35.5. The molecule has 0 aliphatic carbocycles. The number of hydrogen-bond acceptors (Lipinski definition) is 3. The molecule has 3 aromatic carbocycles. The first kappa shape index (κ1) is 19.2. The molecular formula is C24H21ClN2O2. The maximum atomic E-state index is 12.2. The summed E-state index contributed by atoms with van der Waals surface area (Å²) in [6.45, 7) is 4.14. The molecule has 0 unspecified atom stereocenters. The summed E-state index contributed by atoms with van der Waals surface area (Å²) in [5.41, 5.74) is 6.85. The van der Waals surface area contributed by atoms with E-state index in [9.17, 15) is 4.79 Å². The van der Waals surface area contributed by atoms with Gasteiger partial charge in [0.1, 0.15) is 5.52 Å². The SMILES string of the molecule is Cc1cc2nc(Cc3ccc(NC(=O)Cc4ccc(Cl)cc4)cc3)oc2cc1C. The number of aryl methyl sites for hydroxylation is 2. The van der Waals surface area contributed by atoms with Gasteiger partial charge in [0.05, 0.1) is 6.42 Å². The number of nitrogens with one attached hydrogen (secondary N) is 1. The van der Waals surface area contributed by atoms with Gasteiger partial charge in [0.25, 0.3) is 0 Å². The average Bonchev–Trinajstić information content (AvgIpc) is 3.06. The Morgan fingerprint density at radius 1 is 0.966 bits per heavy atom. The molecule has 0 bridgehead atoms.